The Morgan fingerprint density at radius 2 is 1.56 bits per heavy atom. The number of hydrogen-bond donors (Lipinski definition) is 8. The number of amides is 1. The number of fused-ring (bicyclic) bond motifs is 1. The van der Waals surface area contributed by atoms with Crippen LogP contribution < -0.4 is 27.3 Å². The van der Waals surface area contributed by atoms with Crippen molar-refractivity contribution < 1.29 is 24.2 Å². The number of aryl methyl sites for hydroxylation is 1. The van der Waals surface area contributed by atoms with E-state index >= 15 is 0 Å². The van der Waals surface area contributed by atoms with Crippen LogP contribution in [-0.4, -0.2) is 53.3 Å². The molecule has 0 aliphatic carbocycles. The largest absolute Gasteiger partial charge is 0.508 e. The summed E-state index contributed by atoms with van der Waals surface area (Å²) in [4.78, 5) is 28.6. The lowest BCUT2D eigenvalue weighted by molar-refractivity contribution is -0.119. The number of phenolic OH excluding ortho intramolecular Hbond substituents is 1. The summed E-state index contributed by atoms with van der Waals surface area (Å²) in [6, 6.07) is 23.2. The van der Waals surface area contributed by atoms with Gasteiger partial charge in [0.25, 0.3) is 0 Å². The van der Waals surface area contributed by atoms with E-state index in [0.717, 1.165) is 44.7 Å². The number of carbonyl (C=O) groups is 2. The van der Waals surface area contributed by atoms with Crippen LogP contribution in [0, 0.1) is 17.7 Å². The first-order valence-corrected chi connectivity index (χ1v) is 17.1. The number of aromatic amines is 1. The maximum Gasteiger partial charge on any atom is 0.224 e. The van der Waals surface area contributed by atoms with Crippen LogP contribution in [0.5, 0.6) is 11.5 Å². The fourth-order valence-electron chi connectivity index (χ4n) is 5.89. The van der Waals surface area contributed by atoms with E-state index < -0.39 is 0 Å². The minimum Gasteiger partial charge on any atom is -0.508 e. The van der Waals surface area contributed by atoms with Gasteiger partial charge in [-0.1, -0.05) is 36.4 Å². The number of ketones is 1. The molecule has 52 heavy (non-hydrogen) atoms. The molecule has 0 aliphatic heterocycles. The Morgan fingerprint density at radius 3 is 2.29 bits per heavy atom. The lowest BCUT2D eigenvalue weighted by Crippen LogP contribution is -2.12. The summed E-state index contributed by atoms with van der Waals surface area (Å²) in [6.45, 7) is 3.19. The fourth-order valence-corrected chi connectivity index (χ4v) is 5.89. The summed E-state index contributed by atoms with van der Waals surface area (Å²) < 4.78 is 11.2. The molecule has 0 aliphatic rings. The van der Waals surface area contributed by atoms with Crippen LogP contribution in [0.15, 0.2) is 78.9 Å². The number of nitrogens with one attached hydrogen (secondary N) is 4. The van der Waals surface area contributed by atoms with E-state index in [1.807, 2.05) is 43.3 Å². The van der Waals surface area contributed by atoms with E-state index in [9.17, 15) is 14.7 Å². The van der Waals surface area contributed by atoms with Gasteiger partial charge in [0.05, 0.1) is 12.3 Å². The molecule has 12 nitrogen and oxygen atoms in total. The van der Waals surface area contributed by atoms with Gasteiger partial charge in [-0.3, -0.25) is 20.4 Å². The smallest absolute Gasteiger partial charge is 0.224 e. The minimum atomic E-state index is -0.223. The topological polar surface area (TPSA) is 226 Å². The molecule has 270 valence electrons. The second-order valence-electron chi connectivity index (χ2n) is 12.7. The van der Waals surface area contributed by atoms with Gasteiger partial charge < -0.3 is 42.1 Å². The first-order valence-electron chi connectivity index (χ1n) is 17.1. The van der Waals surface area contributed by atoms with Crippen LogP contribution in [0.2, 0.25) is 0 Å². The van der Waals surface area contributed by atoms with Crippen LogP contribution in [0.1, 0.15) is 59.9 Å². The molecule has 0 unspecified atom stereocenters. The molecule has 0 saturated carbocycles. The number of ether oxygens (including phenoxy) is 2. The Balaban J connectivity index is 1.12. The van der Waals surface area contributed by atoms with E-state index in [1.54, 1.807) is 42.5 Å². The molecular weight excluding hydrogens is 658 g/mol. The van der Waals surface area contributed by atoms with Gasteiger partial charge in [-0.2, -0.15) is 0 Å². The summed E-state index contributed by atoms with van der Waals surface area (Å²) in [6.07, 6.45) is 2.22. The highest BCUT2D eigenvalue weighted by Gasteiger charge is 2.17. The fraction of sp³-hybridized carbons (Fsp3) is 0.250. The van der Waals surface area contributed by atoms with Crippen LogP contribution >= 0.6 is 0 Å². The molecule has 11 N–H and O–H groups in total. The van der Waals surface area contributed by atoms with Gasteiger partial charge in [0, 0.05) is 71.3 Å². The predicted octanol–water partition coefficient (Wildman–Crippen LogP) is 6.14. The van der Waals surface area contributed by atoms with Gasteiger partial charge in [-0.25, -0.2) is 0 Å². The van der Waals surface area contributed by atoms with E-state index in [1.165, 1.54) is 0 Å². The first kappa shape index (κ1) is 37.1. The van der Waals surface area contributed by atoms with Crippen molar-refractivity contribution >= 4 is 45.6 Å². The maximum atomic E-state index is 12.8. The first-order chi connectivity index (χ1) is 25.0. The zero-order chi connectivity index (χ0) is 37.2. The molecule has 0 radical (unpaired) electrons. The maximum absolute atomic E-state index is 12.8. The minimum absolute atomic E-state index is 0.0324. The number of nitrogen functional groups attached to an aromatic ring is 3. The zero-order valence-corrected chi connectivity index (χ0v) is 29.2. The van der Waals surface area contributed by atoms with Crippen molar-refractivity contribution in [1.29, 1.82) is 10.8 Å². The molecule has 0 fully saturated rings. The monoisotopic (exact) mass is 703 g/mol. The van der Waals surface area contributed by atoms with Gasteiger partial charge in [-0.05, 0) is 78.9 Å². The highest BCUT2D eigenvalue weighted by Crippen LogP contribution is 2.35. The van der Waals surface area contributed by atoms with Crippen molar-refractivity contribution in [3.05, 3.63) is 107 Å². The number of H-pyrrole nitrogens is 1. The second kappa shape index (κ2) is 17.2. The van der Waals surface area contributed by atoms with E-state index in [4.69, 9.17) is 37.5 Å². The lowest BCUT2D eigenvalue weighted by atomic mass is 9.96. The number of aromatic hydroxyl groups is 1. The normalized spacial score (nSPS) is 11.0. The molecule has 0 saturated heterocycles. The van der Waals surface area contributed by atoms with Crippen molar-refractivity contribution in [3.63, 3.8) is 0 Å². The van der Waals surface area contributed by atoms with Crippen molar-refractivity contribution in [2.45, 2.75) is 45.4 Å². The molecule has 1 heterocycles. The molecule has 5 aromatic rings. The van der Waals surface area contributed by atoms with E-state index in [0.29, 0.717) is 74.3 Å². The predicted molar refractivity (Wildman–Crippen MR) is 205 cm³/mol. The Kier molecular flexibility index (Phi) is 12.3. The van der Waals surface area contributed by atoms with Crippen molar-refractivity contribution in [3.8, 4) is 22.8 Å². The summed E-state index contributed by atoms with van der Waals surface area (Å²) in [7, 11) is 0. The van der Waals surface area contributed by atoms with Crippen LogP contribution in [-0.2, 0) is 20.7 Å². The van der Waals surface area contributed by atoms with Crippen molar-refractivity contribution in [1.82, 2.24) is 4.98 Å². The summed E-state index contributed by atoms with van der Waals surface area (Å²) in [5.41, 5.74) is 24.5. The number of phenols is 1. The lowest BCUT2D eigenvalue weighted by Gasteiger charge is -2.11. The Hall–Kier alpha value is -6.14. The van der Waals surface area contributed by atoms with E-state index in [2.05, 4.69) is 10.3 Å². The van der Waals surface area contributed by atoms with Gasteiger partial charge >= 0.3 is 0 Å². The zero-order valence-electron chi connectivity index (χ0n) is 29.2. The van der Waals surface area contributed by atoms with Crippen LogP contribution in [0.4, 0.5) is 11.4 Å². The second-order valence-corrected chi connectivity index (χ2v) is 12.7. The SMILES string of the molecule is Cc1cc(OCCOCCCC(=O)CCCC(=O)Nc2ccc(O)c(Cc3c(-c4ccc(C(=N)N)cc4)[nH]c4cc(C(=N)N)ccc34)c2)ccc1N. The Bertz CT molecular complexity index is 2090. The summed E-state index contributed by atoms with van der Waals surface area (Å²) in [5, 5.41) is 30.2. The number of carbonyl (C=O) groups excluding carboxylic acids is 2. The number of amidine groups is 2. The average molecular weight is 704 g/mol. The van der Waals surface area contributed by atoms with Gasteiger partial charge in [0.15, 0.2) is 0 Å². The molecule has 1 amide bonds. The molecule has 0 atom stereocenters. The number of rotatable bonds is 18. The van der Waals surface area contributed by atoms with E-state index in [-0.39, 0.29) is 35.5 Å². The number of benzene rings is 4. The standard InChI is InChI=1S/C40H45N7O5/c1-24-20-31(13-15-34(24)41)52-19-18-51-17-3-5-30(48)4-2-6-37(50)46-29-12-16-36(49)28(21-29)22-33-32-14-11-27(40(44)45)23-35(32)47-38(33)25-7-9-26(10-8-25)39(42)43/h7-16,20-21,23,47,49H,2-6,17-19,22,41H2,1H3,(H3,42,43)(H3,44,45)(H,46,50). The quantitative estimate of drug-likeness (QED) is 0.0173. The summed E-state index contributed by atoms with van der Waals surface area (Å²) in [5.74, 6) is 0.585. The molecule has 4 aromatic carbocycles. The number of anilines is 2. The molecule has 0 spiro atoms. The number of hydrogen-bond acceptors (Lipinski definition) is 8. The number of aromatic nitrogens is 1. The molecule has 5 rings (SSSR count). The van der Waals surface area contributed by atoms with Gasteiger partial charge in [0.2, 0.25) is 5.91 Å². The molecule has 1 aromatic heterocycles. The third-order valence-electron chi connectivity index (χ3n) is 8.77. The average Bonchev–Trinajstić information content (AvgIpc) is 3.48. The molecular formula is C40H45N7O5. The highest BCUT2D eigenvalue weighted by molar-refractivity contribution is 6.01. The molecule has 0 bridgehead atoms. The van der Waals surface area contributed by atoms with Crippen molar-refractivity contribution in [2.75, 3.05) is 30.9 Å². The number of Topliss-reactive ketones (excluding diaryl/α,β-unsaturated/α-hetero) is 1. The van der Waals surface area contributed by atoms with Gasteiger partial charge in [0.1, 0.15) is 35.6 Å². The third-order valence-corrected chi connectivity index (χ3v) is 8.77. The Morgan fingerprint density at radius 1 is 0.827 bits per heavy atom. The van der Waals surface area contributed by atoms with Gasteiger partial charge in [-0.15, -0.1) is 0 Å². The van der Waals surface area contributed by atoms with Crippen molar-refractivity contribution in [2.24, 2.45) is 11.5 Å². The third kappa shape index (κ3) is 9.76. The summed E-state index contributed by atoms with van der Waals surface area (Å²) >= 11 is 0. The highest BCUT2D eigenvalue weighted by atomic mass is 16.5. The Labute approximate surface area is 302 Å². The molecule has 12 heteroatoms. The van der Waals surface area contributed by atoms with Crippen LogP contribution in [0.3, 0.4) is 0 Å². The van der Waals surface area contributed by atoms with Crippen LogP contribution in [0.25, 0.3) is 22.2 Å². The number of nitrogens with two attached hydrogens (primary N) is 3.